The largest absolute Gasteiger partial charge is 0.479 e. The van der Waals surface area contributed by atoms with Crippen molar-refractivity contribution in [1.82, 2.24) is 5.32 Å². The van der Waals surface area contributed by atoms with E-state index in [0.717, 1.165) is 19.4 Å². The Morgan fingerprint density at radius 3 is 2.81 bits per heavy atom. The van der Waals surface area contributed by atoms with Crippen LogP contribution in [0.3, 0.4) is 0 Å². The number of aliphatic hydroxyl groups is 1. The number of ether oxygens (including phenoxy) is 1. The van der Waals surface area contributed by atoms with Gasteiger partial charge < -0.3 is 20.3 Å². The minimum absolute atomic E-state index is 0.148. The molecule has 3 N–H and O–H groups in total. The highest BCUT2D eigenvalue weighted by Crippen LogP contribution is 2.16. The number of rotatable bonds is 6. The molecule has 0 saturated carbocycles. The monoisotopic (exact) mass is 231 g/mol. The minimum atomic E-state index is -1.54. The van der Waals surface area contributed by atoms with E-state index in [2.05, 4.69) is 5.32 Å². The number of carbonyl (C=O) groups is 2. The molecule has 1 amide bonds. The fourth-order valence-electron chi connectivity index (χ4n) is 1.55. The van der Waals surface area contributed by atoms with Crippen molar-refractivity contribution in [2.45, 2.75) is 37.9 Å². The van der Waals surface area contributed by atoms with Gasteiger partial charge in [-0.25, -0.2) is 4.79 Å². The smallest absolute Gasteiger partial charge is 0.334 e. The van der Waals surface area contributed by atoms with Gasteiger partial charge in [0.2, 0.25) is 5.91 Å². The Balaban J connectivity index is 2.08. The normalized spacial score (nSPS) is 21.7. The first-order valence-corrected chi connectivity index (χ1v) is 5.38. The second-order valence-electron chi connectivity index (χ2n) is 3.83. The molecule has 2 atom stereocenters. The maximum Gasteiger partial charge on any atom is 0.334 e. The molecule has 0 aromatic rings. The van der Waals surface area contributed by atoms with Crippen LogP contribution in [-0.2, 0) is 14.3 Å². The Morgan fingerprint density at radius 1 is 1.50 bits per heavy atom. The molecule has 0 aromatic heterocycles. The van der Waals surface area contributed by atoms with Crippen molar-refractivity contribution < 1.29 is 24.5 Å². The lowest BCUT2D eigenvalue weighted by Crippen LogP contribution is -2.36. The second kappa shape index (κ2) is 6.44. The van der Waals surface area contributed by atoms with Crippen LogP contribution >= 0.6 is 0 Å². The molecular formula is C10H17NO5. The third-order valence-corrected chi connectivity index (χ3v) is 2.50. The van der Waals surface area contributed by atoms with Crippen molar-refractivity contribution in [2.75, 3.05) is 13.2 Å². The summed E-state index contributed by atoms with van der Waals surface area (Å²) in [5.41, 5.74) is 0. The molecule has 1 fully saturated rings. The van der Waals surface area contributed by atoms with Crippen LogP contribution in [0.5, 0.6) is 0 Å². The van der Waals surface area contributed by atoms with E-state index in [4.69, 9.17) is 14.9 Å². The summed E-state index contributed by atoms with van der Waals surface area (Å²) in [6.45, 7) is 0.504. The third kappa shape index (κ3) is 4.59. The van der Waals surface area contributed by atoms with Crippen molar-refractivity contribution in [3.63, 3.8) is 0 Å². The second-order valence-corrected chi connectivity index (χ2v) is 3.83. The molecule has 0 radical (unpaired) electrons. The zero-order valence-electron chi connectivity index (χ0n) is 9.02. The van der Waals surface area contributed by atoms with Crippen LogP contribution < -0.4 is 5.32 Å². The van der Waals surface area contributed by atoms with Crippen LogP contribution in [0.1, 0.15) is 25.7 Å². The molecule has 0 aliphatic carbocycles. The number of amides is 1. The lowest BCUT2D eigenvalue weighted by molar-refractivity contribution is -0.146. The number of carbonyl (C=O) groups excluding carboxylic acids is 1. The predicted molar refractivity (Wildman–Crippen MR) is 54.9 cm³/mol. The van der Waals surface area contributed by atoms with Crippen molar-refractivity contribution in [3.8, 4) is 0 Å². The summed E-state index contributed by atoms with van der Waals surface area (Å²) < 4.78 is 5.34. The molecular weight excluding hydrogens is 214 g/mol. The van der Waals surface area contributed by atoms with Gasteiger partial charge in [0.05, 0.1) is 12.6 Å². The topological polar surface area (TPSA) is 95.9 Å². The van der Waals surface area contributed by atoms with E-state index in [9.17, 15) is 9.59 Å². The number of aliphatic carboxylic acids is 1. The van der Waals surface area contributed by atoms with Crippen LogP contribution in [-0.4, -0.2) is 47.4 Å². The van der Waals surface area contributed by atoms with Crippen LogP contribution in [0, 0.1) is 0 Å². The number of aliphatic hydroxyl groups excluding tert-OH is 1. The highest BCUT2D eigenvalue weighted by atomic mass is 16.5. The summed E-state index contributed by atoms with van der Waals surface area (Å²) in [6, 6.07) is 0. The first kappa shape index (κ1) is 12.9. The van der Waals surface area contributed by atoms with Gasteiger partial charge in [0, 0.05) is 13.0 Å². The molecule has 2 unspecified atom stereocenters. The SMILES string of the molecule is O=C(CCC1CCCO1)NCC(O)C(=O)O. The summed E-state index contributed by atoms with van der Waals surface area (Å²) in [7, 11) is 0. The molecule has 1 saturated heterocycles. The van der Waals surface area contributed by atoms with Gasteiger partial charge in [-0.2, -0.15) is 0 Å². The van der Waals surface area contributed by atoms with Gasteiger partial charge in [-0.1, -0.05) is 0 Å². The lowest BCUT2D eigenvalue weighted by atomic mass is 10.1. The van der Waals surface area contributed by atoms with Gasteiger partial charge in [0.25, 0.3) is 0 Å². The number of hydrogen-bond donors (Lipinski definition) is 3. The summed E-state index contributed by atoms with van der Waals surface area (Å²) in [5, 5.41) is 19.7. The molecule has 16 heavy (non-hydrogen) atoms. The zero-order valence-corrected chi connectivity index (χ0v) is 9.02. The molecule has 1 aliphatic heterocycles. The van der Waals surface area contributed by atoms with E-state index in [1.165, 1.54) is 0 Å². The average Bonchev–Trinajstić information content (AvgIpc) is 2.75. The van der Waals surface area contributed by atoms with Crippen LogP contribution in [0.15, 0.2) is 0 Å². The van der Waals surface area contributed by atoms with E-state index >= 15 is 0 Å². The van der Waals surface area contributed by atoms with Crippen molar-refractivity contribution in [1.29, 1.82) is 0 Å². The number of nitrogens with one attached hydrogen (secondary N) is 1. The van der Waals surface area contributed by atoms with Crippen molar-refractivity contribution in [2.24, 2.45) is 0 Å². The fourth-order valence-corrected chi connectivity index (χ4v) is 1.55. The van der Waals surface area contributed by atoms with Crippen LogP contribution in [0.2, 0.25) is 0 Å². The van der Waals surface area contributed by atoms with Gasteiger partial charge in [-0.05, 0) is 19.3 Å². The van der Waals surface area contributed by atoms with Crippen molar-refractivity contribution in [3.05, 3.63) is 0 Å². The van der Waals surface area contributed by atoms with E-state index < -0.39 is 12.1 Å². The highest BCUT2D eigenvalue weighted by Gasteiger charge is 2.18. The summed E-state index contributed by atoms with van der Waals surface area (Å²) in [6.07, 6.45) is 1.57. The maximum atomic E-state index is 11.3. The molecule has 0 bridgehead atoms. The number of carboxylic acids is 1. The van der Waals surface area contributed by atoms with E-state index in [1.807, 2.05) is 0 Å². The number of hydrogen-bond acceptors (Lipinski definition) is 4. The van der Waals surface area contributed by atoms with Gasteiger partial charge in [0.15, 0.2) is 6.10 Å². The molecule has 6 nitrogen and oxygen atoms in total. The average molecular weight is 231 g/mol. The Morgan fingerprint density at radius 2 is 2.25 bits per heavy atom. The molecule has 92 valence electrons. The first-order valence-electron chi connectivity index (χ1n) is 5.38. The standard InChI is InChI=1S/C10H17NO5/c12-8(10(14)15)6-11-9(13)4-3-7-2-1-5-16-7/h7-8,12H,1-6H2,(H,11,13)(H,14,15). The van der Waals surface area contributed by atoms with Gasteiger partial charge in [-0.15, -0.1) is 0 Å². The molecule has 0 spiro atoms. The maximum absolute atomic E-state index is 11.3. The minimum Gasteiger partial charge on any atom is -0.479 e. The van der Waals surface area contributed by atoms with Gasteiger partial charge >= 0.3 is 5.97 Å². The van der Waals surface area contributed by atoms with Crippen molar-refractivity contribution >= 4 is 11.9 Å². The highest BCUT2D eigenvalue weighted by molar-refractivity contribution is 5.77. The summed E-state index contributed by atoms with van der Waals surface area (Å²) in [4.78, 5) is 21.5. The van der Waals surface area contributed by atoms with Gasteiger partial charge in [0.1, 0.15) is 0 Å². The predicted octanol–water partition coefficient (Wildman–Crippen LogP) is -0.493. The lowest BCUT2D eigenvalue weighted by Gasteiger charge is -2.10. The molecule has 6 heteroatoms. The fraction of sp³-hybridized carbons (Fsp3) is 0.800. The molecule has 1 heterocycles. The molecule has 0 aromatic carbocycles. The number of carboxylic acid groups (broad SMARTS) is 1. The molecule has 1 aliphatic rings. The summed E-state index contributed by atoms with van der Waals surface area (Å²) >= 11 is 0. The van der Waals surface area contributed by atoms with Crippen LogP contribution in [0.25, 0.3) is 0 Å². The first-order chi connectivity index (χ1) is 7.59. The Labute approximate surface area is 93.6 Å². The Bertz CT molecular complexity index is 250. The Kier molecular flexibility index (Phi) is 5.21. The Hall–Kier alpha value is -1.14. The quantitative estimate of drug-likeness (QED) is 0.573. The third-order valence-electron chi connectivity index (χ3n) is 2.50. The van der Waals surface area contributed by atoms with Gasteiger partial charge in [-0.3, -0.25) is 4.79 Å². The van der Waals surface area contributed by atoms with Crippen LogP contribution in [0.4, 0.5) is 0 Å². The van der Waals surface area contributed by atoms with E-state index in [-0.39, 0.29) is 18.6 Å². The zero-order chi connectivity index (χ0) is 12.0. The molecule has 1 rings (SSSR count). The van der Waals surface area contributed by atoms with E-state index in [0.29, 0.717) is 12.8 Å². The van der Waals surface area contributed by atoms with E-state index in [1.54, 1.807) is 0 Å². The summed E-state index contributed by atoms with van der Waals surface area (Å²) in [5.74, 6) is -1.59.